The summed E-state index contributed by atoms with van der Waals surface area (Å²) in [4.78, 5) is 8.57. The van der Waals surface area contributed by atoms with Crippen molar-refractivity contribution >= 4 is 11.0 Å². The lowest BCUT2D eigenvalue weighted by molar-refractivity contribution is 0.421. The van der Waals surface area contributed by atoms with E-state index < -0.39 is 0 Å². The number of hydrogen-bond donors (Lipinski definition) is 1. The molecule has 6 heteroatoms. The van der Waals surface area contributed by atoms with Gasteiger partial charge in [0, 0.05) is 24.5 Å². The minimum absolute atomic E-state index is 0.0579. The minimum Gasteiger partial charge on any atom is -0.306 e. The van der Waals surface area contributed by atoms with Crippen LogP contribution in [0.2, 0.25) is 0 Å². The highest BCUT2D eigenvalue weighted by molar-refractivity contribution is 5.76. The van der Waals surface area contributed by atoms with E-state index in [4.69, 9.17) is 0 Å². The molecule has 3 aromatic rings. The molecule has 2 aromatic heterocycles. The van der Waals surface area contributed by atoms with Gasteiger partial charge in [-0.1, -0.05) is 5.21 Å². The summed E-state index contributed by atoms with van der Waals surface area (Å²) < 4.78 is 1.76. The maximum absolute atomic E-state index is 4.31. The zero-order valence-electron chi connectivity index (χ0n) is 12.4. The van der Waals surface area contributed by atoms with Gasteiger partial charge in [-0.2, -0.15) is 0 Å². The molecule has 0 amide bonds. The lowest BCUT2D eigenvalue weighted by atomic mass is 10.1. The summed E-state index contributed by atoms with van der Waals surface area (Å²) in [6.07, 6.45) is 5.30. The molecule has 6 nitrogen and oxygen atoms in total. The molecule has 1 N–H and O–H groups in total. The Morgan fingerprint density at radius 2 is 1.86 bits per heavy atom. The first-order valence-corrected chi connectivity index (χ1v) is 6.89. The van der Waals surface area contributed by atoms with E-state index in [1.54, 1.807) is 17.1 Å². The number of hydrogen-bond acceptors (Lipinski definition) is 5. The van der Waals surface area contributed by atoms with Gasteiger partial charge >= 0.3 is 0 Å². The summed E-state index contributed by atoms with van der Waals surface area (Å²) >= 11 is 0. The third-order valence-corrected chi connectivity index (χ3v) is 3.06. The van der Waals surface area contributed by atoms with E-state index in [2.05, 4.69) is 46.4 Å². The topological polar surface area (TPSA) is 68.5 Å². The van der Waals surface area contributed by atoms with Crippen LogP contribution in [0.1, 0.15) is 26.5 Å². The molecule has 0 unspecified atom stereocenters. The molecule has 21 heavy (non-hydrogen) atoms. The highest BCUT2D eigenvalue weighted by Gasteiger charge is 2.10. The Bertz CT molecular complexity index is 756. The van der Waals surface area contributed by atoms with Crippen molar-refractivity contribution in [3.8, 4) is 5.69 Å². The molecular weight excluding hydrogens is 264 g/mol. The number of fused-ring (bicyclic) bond motifs is 1. The van der Waals surface area contributed by atoms with Gasteiger partial charge in [0.15, 0.2) is 0 Å². The van der Waals surface area contributed by atoms with Gasteiger partial charge in [0.05, 0.1) is 28.6 Å². The van der Waals surface area contributed by atoms with Crippen molar-refractivity contribution in [3.05, 3.63) is 42.5 Å². The Morgan fingerprint density at radius 1 is 1.10 bits per heavy atom. The summed E-state index contributed by atoms with van der Waals surface area (Å²) in [5.41, 5.74) is 3.61. The first-order valence-electron chi connectivity index (χ1n) is 6.89. The van der Waals surface area contributed by atoms with Crippen molar-refractivity contribution in [2.75, 3.05) is 0 Å². The van der Waals surface area contributed by atoms with Gasteiger partial charge in [0.1, 0.15) is 0 Å². The fraction of sp³-hybridized carbons (Fsp3) is 0.333. The van der Waals surface area contributed by atoms with Gasteiger partial charge in [-0.3, -0.25) is 9.97 Å². The van der Waals surface area contributed by atoms with Gasteiger partial charge < -0.3 is 5.32 Å². The molecule has 108 valence electrons. The summed E-state index contributed by atoms with van der Waals surface area (Å²) in [6.45, 7) is 7.06. The second kappa shape index (κ2) is 5.21. The molecule has 0 saturated carbocycles. The van der Waals surface area contributed by atoms with E-state index in [0.717, 1.165) is 22.4 Å². The van der Waals surface area contributed by atoms with Crippen LogP contribution in [0.15, 0.2) is 36.8 Å². The van der Waals surface area contributed by atoms with Gasteiger partial charge in [-0.25, -0.2) is 4.68 Å². The molecule has 0 aliphatic heterocycles. The molecule has 1 aromatic carbocycles. The molecule has 3 rings (SSSR count). The quantitative estimate of drug-likeness (QED) is 0.796. The van der Waals surface area contributed by atoms with Crippen LogP contribution in [0.4, 0.5) is 0 Å². The van der Waals surface area contributed by atoms with Crippen LogP contribution in [-0.2, 0) is 6.54 Å². The molecule has 0 aliphatic carbocycles. The Labute approximate surface area is 123 Å². The minimum atomic E-state index is 0.0579. The van der Waals surface area contributed by atoms with Gasteiger partial charge in [-0.05, 0) is 39.0 Å². The summed E-state index contributed by atoms with van der Waals surface area (Å²) in [6, 6.07) is 5.86. The average Bonchev–Trinajstić information content (AvgIpc) is 2.93. The first kappa shape index (κ1) is 13.6. The fourth-order valence-corrected chi connectivity index (χ4v) is 1.96. The summed E-state index contributed by atoms with van der Waals surface area (Å²) in [5.74, 6) is 0. The largest absolute Gasteiger partial charge is 0.306 e. The molecule has 0 fully saturated rings. The Morgan fingerprint density at radius 3 is 2.62 bits per heavy atom. The lowest BCUT2D eigenvalue weighted by Crippen LogP contribution is -2.35. The van der Waals surface area contributed by atoms with Crippen molar-refractivity contribution in [3.63, 3.8) is 0 Å². The predicted octanol–water partition coefficient (Wildman–Crippen LogP) is 2.10. The Kier molecular flexibility index (Phi) is 3.39. The monoisotopic (exact) mass is 282 g/mol. The maximum Gasteiger partial charge on any atom is 0.0969 e. The maximum atomic E-state index is 4.31. The first-order chi connectivity index (χ1) is 10.0. The van der Waals surface area contributed by atoms with Crippen LogP contribution in [0.25, 0.3) is 16.7 Å². The van der Waals surface area contributed by atoms with E-state index >= 15 is 0 Å². The van der Waals surface area contributed by atoms with E-state index in [1.807, 2.05) is 24.4 Å². The molecule has 2 heterocycles. The molecule has 0 aliphatic rings. The van der Waals surface area contributed by atoms with E-state index in [1.165, 1.54) is 0 Å². The predicted molar refractivity (Wildman–Crippen MR) is 81.0 cm³/mol. The number of benzene rings is 1. The van der Waals surface area contributed by atoms with E-state index in [-0.39, 0.29) is 5.54 Å². The highest BCUT2D eigenvalue weighted by Crippen LogP contribution is 2.14. The van der Waals surface area contributed by atoms with Crippen LogP contribution < -0.4 is 5.32 Å². The number of nitrogens with zero attached hydrogens (tertiary/aromatic N) is 5. The lowest BCUT2D eigenvalue weighted by Gasteiger charge is -2.19. The fourth-order valence-electron chi connectivity index (χ4n) is 1.96. The van der Waals surface area contributed by atoms with Crippen molar-refractivity contribution < 1.29 is 0 Å². The average molecular weight is 282 g/mol. The second-order valence-electron chi connectivity index (χ2n) is 5.99. The second-order valence-corrected chi connectivity index (χ2v) is 5.99. The zero-order valence-corrected chi connectivity index (χ0v) is 12.4. The molecule has 0 saturated heterocycles. The number of nitrogens with one attached hydrogen (secondary N) is 1. The standard InChI is InChI=1S/C15H18N6/c1-15(2,3)18-9-11-10-21(20-19-11)12-4-5-13-14(8-12)17-7-6-16-13/h4-8,10,18H,9H2,1-3H3. The SMILES string of the molecule is CC(C)(C)NCc1cn(-c2ccc3nccnc3c2)nn1. The zero-order chi connectivity index (χ0) is 14.9. The molecule has 0 atom stereocenters. The third-order valence-electron chi connectivity index (χ3n) is 3.06. The molecule has 0 radical (unpaired) electrons. The van der Waals surface area contributed by atoms with E-state index in [9.17, 15) is 0 Å². The van der Waals surface area contributed by atoms with Gasteiger partial charge in [0.25, 0.3) is 0 Å². The molecule has 0 bridgehead atoms. The van der Waals surface area contributed by atoms with Crippen molar-refractivity contribution in [2.24, 2.45) is 0 Å². The van der Waals surface area contributed by atoms with Crippen molar-refractivity contribution in [1.82, 2.24) is 30.3 Å². The molecular formula is C15H18N6. The summed E-state index contributed by atoms with van der Waals surface area (Å²) in [7, 11) is 0. The third kappa shape index (κ3) is 3.22. The number of rotatable bonds is 3. The van der Waals surface area contributed by atoms with Crippen molar-refractivity contribution in [2.45, 2.75) is 32.9 Å². The Hall–Kier alpha value is -2.34. The number of aromatic nitrogens is 5. The van der Waals surface area contributed by atoms with E-state index in [0.29, 0.717) is 6.54 Å². The Balaban J connectivity index is 1.84. The normalized spacial score (nSPS) is 12.0. The van der Waals surface area contributed by atoms with Crippen molar-refractivity contribution in [1.29, 1.82) is 0 Å². The van der Waals surface area contributed by atoms with Crippen LogP contribution in [0, 0.1) is 0 Å². The van der Waals surface area contributed by atoms with Gasteiger partial charge in [-0.15, -0.1) is 5.10 Å². The van der Waals surface area contributed by atoms with Gasteiger partial charge in [0.2, 0.25) is 0 Å². The van der Waals surface area contributed by atoms with Crippen LogP contribution >= 0.6 is 0 Å². The van der Waals surface area contributed by atoms with Crippen LogP contribution in [0.5, 0.6) is 0 Å². The van der Waals surface area contributed by atoms with Crippen LogP contribution in [0.3, 0.4) is 0 Å². The smallest absolute Gasteiger partial charge is 0.0969 e. The molecule has 0 spiro atoms. The van der Waals surface area contributed by atoms with Crippen LogP contribution in [-0.4, -0.2) is 30.5 Å². The summed E-state index contributed by atoms with van der Waals surface area (Å²) in [5, 5.41) is 11.8. The highest BCUT2D eigenvalue weighted by atomic mass is 15.4.